The van der Waals surface area contributed by atoms with Gasteiger partial charge in [-0.25, -0.2) is 4.98 Å². The topological polar surface area (TPSA) is 33.2 Å². The molecule has 0 aliphatic carbocycles. The Bertz CT molecular complexity index is 266. The van der Waals surface area contributed by atoms with Gasteiger partial charge in [0.25, 0.3) is 5.91 Å². The molecule has 3 nitrogen and oxygen atoms in total. The number of aromatic nitrogens is 1. The number of carbonyl (C=O) groups excluding carboxylic acids is 1. The molecule has 14 heavy (non-hydrogen) atoms. The summed E-state index contributed by atoms with van der Waals surface area (Å²) >= 11 is 1.46. The van der Waals surface area contributed by atoms with Gasteiger partial charge in [0.2, 0.25) is 0 Å². The standard InChI is InChI=1S/C10H16N2OS/c1-3-5-12(6-4-2)10(13)9-7-14-8-11-9/h7-8H,3-6H2,1-2H3. The van der Waals surface area contributed by atoms with Crippen molar-refractivity contribution < 1.29 is 4.79 Å². The van der Waals surface area contributed by atoms with Crippen molar-refractivity contribution in [2.24, 2.45) is 0 Å². The minimum Gasteiger partial charge on any atom is -0.337 e. The molecule has 4 heteroatoms. The van der Waals surface area contributed by atoms with Crippen LogP contribution in [0.4, 0.5) is 0 Å². The van der Waals surface area contributed by atoms with Gasteiger partial charge in [-0.3, -0.25) is 4.79 Å². The second-order valence-electron chi connectivity index (χ2n) is 3.17. The third-order valence-electron chi connectivity index (χ3n) is 1.93. The number of nitrogens with zero attached hydrogens (tertiary/aromatic N) is 2. The number of rotatable bonds is 5. The predicted molar refractivity (Wildman–Crippen MR) is 58.6 cm³/mol. The zero-order chi connectivity index (χ0) is 10.4. The SMILES string of the molecule is CCCN(CCC)C(=O)c1cscn1. The van der Waals surface area contributed by atoms with E-state index in [-0.39, 0.29) is 5.91 Å². The van der Waals surface area contributed by atoms with Gasteiger partial charge in [0.1, 0.15) is 5.69 Å². The van der Waals surface area contributed by atoms with Gasteiger partial charge < -0.3 is 4.90 Å². The summed E-state index contributed by atoms with van der Waals surface area (Å²) in [5.41, 5.74) is 2.28. The molecular formula is C10H16N2OS. The average Bonchev–Trinajstić information content (AvgIpc) is 2.69. The zero-order valence-corrected chi connectivity index (χ0v) is 9.51. The fraction of sp³-hybridized carbons (Fsp3) is 0.600. The zero-order valence-electron chi connectivity index (χ0n) is 8.69. The molecular weight excluding hydrogens is 196 g/mol. The molecule has 0 N–H and O–H groups in total. The van der Waals surface area contributed by atoms with Crippen molar-refractivity contribution >= 4 is 17.2 Å². The van der Waals surface area contributed by atoms with Crippen LogP contribution in [0.1, 0.15) is 37.2 Å². The summed E-state index contributed by atoms with van der Waals surface area (Å²) in [4.78, 5) is 17.8. The van der Waals surface area contributed by atoms with Gasteiger partial charge in [-0.1, -0.05) is 13.8 Å². The average molecular weight is 212 g/mol. The first-order valence-electron chi connectivity index (χ1n) is 4.97. The molecule has 0 radical (unpaired) electrons. The molecule has 0 saturated heterocycles. The fourth-order valence-corrected chi connectivity index (χ4v) is 1.86. The smallest absolute Gasteiger partial charge is 0.273 e. The summed E-state index contributed by atoms with van der Waals surface area (Å²) in [6, 6.07) is 0. The van der Waals surface area contributed by atoms with E-state index in [1.807, 2.05) is 4.90 Å². The first-order valence-corrected chi connectivity index (χ1v) is 5.91. The van der Waals surface area contributed by atoms with Gasteiger partial charge >= 0.3 is 0 Å². The van der Waals surface area contributed by atoms with Crippen molar-refractivity contribution in [3.8, 4) is 0 Å². The van der Waals surface area contributed by atoms with Crippen LogP contribution in [0.15, 0.2) is 10.9 Å². The highest BCUT2D eigenvalue weighted by Crippen LogP contribution is 2.06. The summed E-state index contributed by atoms with van der Waals surface area (Å²) < 4.78 is 0. The molecule has 0 fully saturated rings. The molecule has 1 aromatic rings. The highest BCUT2D eigenvalue weighted by molar-refractivity contribution is 7.07. The molecule has 0 aromatic carbocycles. The molecule has 0 bridgehead atoms. The van der Waals surface area contributed by atoms with Crippen molar-refractivity contribution in [3.05, 3.63) is 16.6 Å². The van der Waals surface area contributed by atoms with E-state index in [4.69, 9.17) is 0 Å². The van der Waals surface area contributed by atoms with Crippen LogP contribution in [-0.2, 0) is 0 Å². The lowest BCUT2D eigenvalue weighted by molar-refractivity contribution is 0.0750. The summed E-state index contributed by atoms with van der Waals surface area (Å²) in [5, 5.41) is 1.81. The first kappa shape index (κ1) is 11.2. The Morgan fingerprint density at radius 1 is 1.43 bits per heavy atom. The van der Waals surface area contributed by atoms with Crippen LogP contribution in [0.5, 0.6) is 0 Å². The van der Waals surface area contributed by atoms with Crippen molar-refractivity contribution in [2.45, 2.75) is 26.7 Å². The van der Waals surface area contributed by atoms with E-state index < -0.39 is 0 Å². The minimum atomic E-state index is 0.0648. The van der Waals surface area contributed by atoms with E-state index in [2.05, 4.69) is 18.8 Å². The van der Waals surface area contributed by atoms with Crippen LogP contribution in [0.2, 0.25) is 0 Å². The number of amides is 1. The van der Waals surface area contributed by atoms with Gasteiger partial charge in [0.15, 0.2) is 0 Å². The normalized spacial score (nSPS) is 10.1. The Balaban J connectivity index is 2.63. The molecule has 0 saturated carbocycles. The van der Waals surface area contributed by atoms with Crippen molar-refractivity contribution in [3.63, 3.8) is 0 Å². The molecule has 0 atom stereocenters. The van der Waals surface area contributed by atoms with E-state index in [1.165, 1.54) is 11.3 Å². The summed E-state index contributed by atoms with van der Waals surface area (Å²) in [7, 11) is 0. The largest absolute Gasteiger partial charge is 0.337 e. The van der Waals surface area contributed by atoms with Crippen LogP contribution >= 0.6 is 11.3 Å². The lowest BCUT2D eigenvalue weighted by Crippen LogP contribution is -2.32. The molecule has 1 aromatic heterocycles. The van der Waals surface area contributed by atoms with Gasteiger partial charge in [-0.2, -0.15) is 0 Å². The lowest BCUT2D eigenvalue weighted by atomic mass is 10.3. The number of carbonyl (C=O) groups is 1. The van der Waals surface area contributed by atoms with E-state index in [1.54, 1.807) is 10.9 Å². The van der Waals surface area contributed by atoms with E-state index >= 15 is 0 Å². The Hall–Kier alpha value is -0.900. The predicted octanol–water partition coefficient (Wildman–Crippen LogP) is 2.41. The molecule has 78 valence electrons. The molecule has 1 heterocycles. The highest BCUT2D eigenvalue weighted by atomic mass is 32.1. The summed E-state index contributed by atoms with van der Waals surface area (Å²) in [6.07, 6.45) is 1.99. The van der Waals surface area contributed by atoms with Crippen molar-refractivity contribution in [1.82, 2.24) is 9.88 Å². The number of hydrogen-bond donors (Lipinski definition) is 0. The molecule has 1 rings (SSSR count). The van der Waals surface area contributed by atoms with Gasteiger partial charge in [-0.05, 0) is 12.8 Å². The molecule has 0 aliphatic rings. The third kappa shape index (κ3) is 2.80. The van der Waals surface area contributed by atoms with Gasteiger partial charge in [0.05, 0.1) is 5.51 Å². The second-order valence-corrected chi connectivity index (χ2v) is 3.88. The van der Waals surface area contributed by atoms with E-state index in [0.717, 1.165) is 25.9 Å². The molecule has 1 amide bonds. The second kappa shape index (κ2) is 5.75. The van der Waals surface area contributed by atoms with Crippen molar-refractivity contribution in [1.29, 1.82) is 0 Å². The number of hydrogen-bond acceptors (Lipinski definition) is 3. The maximum absolute atomic E-state index is 11.9. The Morgan fingerprint density at radius 3 is 2.50 bits per heavy atom. The molecule has 0 unspecified atom stereocenters. The number of thiazole rings is 1. The quantitative estimate of drug-likeness (QED) is 0.751. The first-order chi connectivity index (χ1) is 6.79. The van der Waals surface area contributed by atoms with Crippen LogP contribution in [0.25, 0.3) is 0 Å². The Morgan fingerprint density at radius 2 is 2.07 bits per heavy atom. The summed E-state index contributed by atoms with van der Waals surface area (Å²) in [6.45, 7) is 5.81. The molecule has 0 spiro atoms. The van der Waals surface area contributed by atoms with E-state index in [0.29, 0.717) is 5.69 Å². The van der Waals surface area contributed by atoms with Crippen LogP contribution < -0.4 is 0 Å². The van der Waals surface area contributed by atoms with Crippen LogP contribution in [0.3, 0.4) is 0 Å². The Kier molecular flexibility index (Phi) is 4.59. The fourth-order valence-electron chi connectivity index (χ4n) is 1.33. The summed E-state index contributed by atoms with van der Waals surface area (Å²) in [5.74, 6) is 0.0648. The lowest BCUT2D eigenvalue weighted by Gasteiger charge is -2.20. The monoisotopic (exact) mass is 212 g/mol. The molecule has 0 aliphatic heterocycles. The highest BCUT2D eigenvalue weighted by Gasteiger charge is 2.15. The van der Waals surface area contributed by atoms with Gasteiger partial charge in [-0.15, -0.1) is 11.3 Å². The minimum absolute atomic E-state index is 0.0648. The third-order valence-corrected chi connectivity index (χ3v) is 2.51. The Labute approximate surface area is 88.8 Å². The van der Waals surface area contributed by atoms with Crippen molar-refractivity contribution in [2.75, 3.05) is 13.1 Å². The van der Waals surface area contributed by atoms with Crippen LogP contribution in [-0.4, -0.2) is 28.9 Å². The maximum Gasteiger partial charge on any atom is 0.273 e. The van der Waals surface area contributed by atoms with Gasteiger partial charge in [0, 0.05) is 18.5 Å². The maximum atomic E-state index is 11.9. The van der Waals surface area contributed by atoms with Crippen LogP contribution in [0, 0.1) is 0 Å². The van der Waals surface area contributed by atoms with E-state index in [9.17, 15) is 4.79 Å².